The molecule has 0 heterocycles. The van der Waals surface area contributed by atoms with Crippen molar-refractivity contribution in [3.05, 3.63) is 48.3 Å². The molecule has 72 valence electrons. The minimum atomic E-state index is -0.644. The van der Waals surface area contributed by atoms with Crippen molar-refractivity contribution in [3.63, 3.8) is 0 Å². The molecule has 0 N–H and O–H groups in total. The molecule has 1 aromatic carbocycles. The zero-order valence-corrected chi connectivity index (χ0v) is 7.74. The molecule has 1 nitrogen and oxygen atoms in total. The minimum Gasteiger partial charge on any atom is -0.357 e. The summed E-state index contributed by atoms with van der Waals surface area (Å²) in [5.74, 6) is 2.04. The molecular formula is C12H11FO. The van der Waals surface area contributed by atoms with Gasteiger partial charge in [-0.3, -0.25) is 0 Å². The molecule has 0 bridgehead atoms. The second-order valence-corrected chi connectivity index (χ2v) is 2.69. The molecule has 1 atom stereocenters. The van der Waals surface area contributed by atoms with Crippen LogP contribution in [-0.2, 0) is 4.74 Å². The molecule has 0 amide bonds. The fourth-order valence-electron chi connectivity index (χ4n) is 1.08. The van der Waals surface area contributed by atoms with E-state index in [0.717, 1.165) is 0 Å². The maximum atomic E-state index is 13.3. The third-order valence-electron chi connectivity index (χ3n) is 1.72. The number of terminal acetylenes is 1. The molecule has 0 radical (unpaired) electrons. The van der Waals surface area contributed by atoms with Crippen LogP contribution in [0.5, 0.6) is 0 Å². The van der Waals surface area contributed by atoms with Gasteiger partial charge >= 0.3 is 0 Å². The topological polar surface area (TPSA) is 9.23 Å². The van der Waals surface area contributed by atoms with E-state index in [0.29, 0.717) is 12.2 Å². The van der Waals surface area contributed by atoms with Gasteiger partial charge in [-0.25, -0.2) is 4.39 Å². The SMILES string of the molecule is C#CC(OCC=C)c1ccccc1F. The van der Waals surface area contributed by atoms with Gasteiger partial charge in [0.25, 0.3) is 0 Å². The summed E-state index contributed by atoms with van der Waals surface area (Å²) in [6.45, 7) is 3.80. The average Bonchev–Trinajstić information content (AvgIpc) is 2.21. The normalized spacial score (nSPS) is 11.7. The van der Waals surface area contributed by atoms with Gasteiger partial charge in [-0.2, -0.15) is 0 Å². The van der Waals surface area contributed by atoms with E-state index in [1.165, 1.54) is 6.07 Å². The lowest BCUT2D eigenvalue weighted by Gasteiger charge is -2.11. The Hall–Kier alpha value is -1.59. The first kappa shape index (κ1) is 10.5. The molecular weight excluding hydrogens is 179 g/mol. The maximum Gasteiger partial charge on any atom is 0.146 e. The van der Waals surface area contributed by atoms with Crippen molar-refractivity contribution in [2.24, 2.45) is 0 Å². The highest BCUT2D eigenvalue weighted by Gasteiger charge is 2.11. The summed E-state index contributed by atoms with van der Waals surface area (Å²) in [7, 11) is 0. The zero-order valence-electron chi connectivity index (χ0n) is 7.74. The molecule has 0 aromatic heterocycles. The summed E-state index contributed by atoms with van der Waals surface area (Å²) in [6.07, 6.45) is 6.17. The molecule has 0 spiro atoms. The van der Waals surface area contributed by atoms with Crippen LogP contribution in [0, 0.1) is 18.2 Å². The smallest absolute Gasteiger partial charge is 0.146 e. The summed E-state index contributed by atoms with van der Waals surface area (Å²) in [4.78, 5) is 0. The molecule has 0 aliphatic carbocycles. The first-order chi connectivity index (χ1) is 6.79. The molecule has 2 heteroatoms. The predicted molar refractivity (Wildman–Crippen MR) is 54.1 cm³/mol. The van der Waals surface area contributed by atoms with E-state index < -0.39 is 6.10 Å². The van der Waals surface area contributed by atoms with Crippen molar-refractivity contribution in [1.82, 2.24) is 0 Å². The van der Waals surface area contributed by atoms with E-state index in [2.05, 4.69) is 12.5 Å². The molecule has 14 heavy (non-hydrogen) atoms. The van der Waals surface area contributed by atoms with Crippen LogP contribution >= 0.6 is 0 Å². The zero-order chi connectivity index (χ0) is 10.4. The fraction of sp³-hybridized carbons (Fsp3) is 0.167. The summed E-state index contributed by atoms with van der Waals surface area (Å²) >= 11 is 0. The number of ether oxygens (including phenoxy) is 1. The first-order valence-electron chi connectivity index (χ1n) is 4.22. The third-order valence-corrected chi connectivity index (χ3v) is 1.72. The molecule has 0 fully saturated rings. The van der Waals surface area contributed by atoms with E-state index in [-0.39, 0.29) is 5.82 Å². The Morgan fingerprint density at radius 1 is 1.57 bits per heavy atom. The summed E-state index contributed by atoms with van der Waals surface area (Å²) in [5, 5.41) is 0. The molecule has 1 unspecified atom stereocenters. The summed E-state index contributed by atoms with van der Waals surface area (Å²) in [6, 6.07) is 6.31. The first-order valence-corrected chi connectivity index (χ1v) is 4.22. The number of benzene rings is 1. The van der Waals surface area contributed by atoms with Gasteiger partial charge in [0.1, 0.15) is 11.9 Å². The van der Waals surface area contributed by atoms with E-state index in [1.807, 2.05) is 0 Å². The number of hydrogen-bond donors (Lipinski definition) is 0. The van der Waals surface area contributed by atoms with Crippen molar-refractivity contribution in [2.45, 2.75) is 6.10 Å². The quantitative estimate of drug-likeness (QED) is 0.524. The second kappa shape index (κ2) is 5.21. The Kier molecular flexibility index (Phi) is 3.90. The average molecular weight is 190 g/mol. The highest BCUT2D eigenvalue weighted by molar-refractivity contribution is 5.25. The van der Waals surface area contributed by atoms with Crippen LogP contribution in [0.3, 0.4) is 0 Å². The van der Waals surface area contributed by atoms with Gasteiger partial charge < -0.3 is 4.74 Å². The van der Waals surface area contributed by atoms with E-state index >= 15 is 0 Å². The highest BCUT2D eigenvalue weighted by atomic mass is 19.1. The molecule has 1 aromatic rings. The van der Waals surface area contributed by atoms with Gasteiger partial charge in [0.2, 0.25) is 0 Å². The third kappa shape index (κ3) is 2.45. The lowest BCUT2D eigenvalue weighted by atomic mass is 10.1. The molecule has 0 saturated heterocycles. The van der Waals surface area contributed by atoms with Crippen LogP contribution in [0.4, 0.5) is 4.39 Å². The lowest BCUT2D eigenvalue weighted by Crippen LogP contribution is -2.04. The monoisotopic (exact) mass is 190 g/mol. The van der Waals surface area contributed by atoms with Crippen LogP contribution in [0.25, 0.3) is 0 Å². The fourth-order valence-corrected chi connectivity index (χ4v) is 1.08. The molecule has 0 aliphatic heterocycles. The van der Waals surface area contributed by atoms with Gasteiger partial charge in [0.15, 0.2) is 0 Å². The van der Waals surface area contributed by atoms with Crippen molar-refractivity contribution in [2.75, 3.05) is 6.61 Å². The van der Waals surface area contributed by atoms with Crippen molar-refractivity contribution in [3.8, 4) is 12.3 Å². The molecule has 1 rings (SSSR count). The molecule has 0 saturated carbocycles. The Morgan fingerprint density at radius 3 is 2.86 bits per heavy atom. The van der Waals surface area contributed by atoms with Crippen LogP contribution in [0.15, 0.2) is 36.9 Å². The van der Waals surface area contributed by atoms with Crippen LogP contribution in [-0.4, -0.2) is 6.61 Å². The summed E-state index contributed by atoms with van der Waals surface area (Å²) < 4.78 is 18.5. The standard InChI is InChI=1S/C12H11FO/c1-3-9-14-12(4-2)10-7-5-6-8-11(10)13/h2-3,5-8,12H,1,9H2. The van der Waals surface area contributed by atoms with Gasteiger partial charge in [-0.1, -0.05) is 30.2 Å². The van der Waals surface area contributed by atoms with E-state index in [9.17, 15) is 4.39 Å². The van der Waals surface area contributed by atoms with Gasteiger partial charge in [0.05, 0.1) is 6.61 Å². The van der Waals surface area contributed by atoms with Crippen LogP contribution in [0.2, 0.25) is 0 Å². The number of hydrogen-bond acceptors (Lipinski definition) is 1. The molecule has 0 aliphatic rings. The van der Waals surface area contributed by atoms with Crippen molar-refractivity contribution >= 4 is 0 Å². The Bertz CT molecular complexity index is 352. The predicted octanol–water partition coefficient (Wildman–Crippen LogP) is 2.70. The largest absolute Gasteiger partial charge is 0.357 e. The Labute approximate surface area is 83.2 Å². The Balaban J connectivity index is 2.85. The lowest BCUT2D eigenvalue weighted by molar-refractivity contribution is 0.114. The van der Waals surface area contributed by atoms with E-state index in [1.54, 1.807) is 24.3 Å². The van der Waals surface area contributed by atoms with Crippen LogP contribution in [0.1, 0.15) is 11.7 Å². The van der Waals surface area contributed by atoms with E-state index in [4.69, 9.17) is 11.2 Å². The second-order valence-electron chi connectivity index (χ2n) is 2.69. The van der Waals surface area contributed by atoms with Crippen molar-refractivity contribution in [1.29, 1.82) is 0 Å². The highest BCUT2D eigenvalue weighted by Crippen LogP contribution is 2.19. The minimum absolute atomic E-state index is 0.309. The number of halogens is 1. The van der Waals surface area contributed by atoms with Gasteiger partial charge in [-0.05, 0) is 6.07 Å². The summed E-state index contributed by atoms with van der Waals surface area (Å²) in [5.41, 5.74) is 0.386. The van der Waals surface area contributed by atoms with Crippen molar-refractivity contribution < 1.29 is 9.13 Å². The number of rotatable bonds is 4. The van der Waals surface area contributed by atoms with Crippen LogP contribution < -0.4 is 0 Å². The maximum absolute atomic E-state index is 13.3. The van der Waals surface area contributed by atoms with Gasteiger partial charge in [-0.15, -0.1) is 13.0 Å². The Morgan fingerprint density at radius 2 is 2.29 bits per heavy atom. The van der Waals surface area contributed by atoms with Gasteiger partial charge in [0, 0.05) is 5.56 Å².